The standard InChI is InChI=1S/C20H16N3O4P/c24-19(18-7-4-14-27-18)22-15-8-10-16(11-9-15)23-13-12-21-20(23)28(25,26)17-5-2-1-3-6-17/h1-14H,(H,22,24)(H,25,26). The first kappa shape index (κ1) is 18.0. The van der Waals surface area contributed by atoms with E-state index in [2.05, 4.69) is 10.3 Å². The minimum atomic E-state index is -3.85. The number of benzene rings is 2. The Kier molecular flexibility index (Phi) is 4.69. The normalized spacial score (nSPS) is 13.0. The van der Waals surface area contributed by atoms with E-state index in [1.165, 1.54) is 12.5 Å². The number of anilines is 1. The molecule has 0 aliphatic rings. The predicted octanol–water partition coefficient (Wildman–Crippen LogP) is 2.94. The van der Waals surface area contributed by atoms with Crippen LogP contribution in [0, 0.1) is 0 Å². The molecule has 2 aromatic heterocycles. The summed E-state index contributed by atoms with van der Waals surface area (Å²) in [6, 6.07) is 18.5. The topological polar surface area (TPSA) is 97.4 Å². The molecule has 1 amide bonds. The molecule has 2 N–H and O–H groups in total. The highest BCUT2D eigenvalue weighted by atomic mass is 31.2. The number of carbonyl (C=O) groups excluding carboxylic acids is 1. The second-order valence-corrected chi connectivity index (χ2v) is 8.06. The van der Waals surface area contributed by atoms with E-state index >= 15 is 0 Å². The van der Waals surface area contributed by atoms with Gasteiger partial charge in [0.15, 0.2) is 5.76 Å². The molecular formula is C20H16N3O4P. The van der Waals surface area contributed by atoms with Gasteiger partial charge in [0, 0.05) is 29.1 Å². The Balaban J connectivity index is 1.60. The molecule has 140 valence electrons. The van der Waals surface area contributed by atoms with Crippen LogP contribution in [-0.2, 0) is 4.57 Å². The van der Waals surface area contributed by atoms with Crippen LogP contribution in [0.3, 0.4) is 0 Å². The highest BCUT2D eigenvalue weighted by Crippen LogP contribution is 2.37. The van der Waals surface area contributed by atoms with Crippen molar-refractivity contribution in [3.63, 3.8) is 0 Å². The first-order chi connectivity index (χ1) is 13.6. The van der Waals surface area contributed by atoms with Crippen LogP contribution in [0.15, 0.2) is 89.8 Å². The van der Waals surface area contributed by atoms with Crippen molar-refractivity contribution >= 4 is 29.8 Å². The van der Waals surface area contributed by atoms with Crippen molar-refractivity contribution in [3.8, 4) is 5.69 Å². The maximum Gasteiger partial charge on any atom is 0.293 e. The van der Waals surface area contributed by atoms with E-state index < -0.39 is 7.37 Å². The summed E-state index contributed by atoms with van der Waals surface area (Å²) in [6.07, 6.45) is 4.53. The molecule has 0 bridgehead atoms. The Bertz CT molecular complexity index is 1140. The Labute approximate surface area is 160 Å². The summed E-state index contributed by atoms with van der Waals surface area (Å²) in [5.74, 6) is -0.143. The van der Waals surface area contributed by atoms with E-state index in [4.69, 9.17) is 4.42 Å². The number of nitrogens with one attached hydrogen (secondary N) is 1. The van der Waals surface area contributed by atoms with Gasteiger partial charge >= 0.3 is 0 Å². The number of imidazole rings is 1. The Morgan fingerprint density at radius 1 is 1.04 bits per heavy atom. The molecule has 0 saturated heterocycles. The third kappa shape index (κ3) is 3.41. The molecule has 0 aliphatic heterocycles. The molecule has 2 heterocycles. The SMILES string of the molecule is O=C(Nc1ccc(-n2ccnc2P(=O)(O)c2ccccc2)cc1)c1ccco1. The van der Waals surface area contributed by atoms with Crippen molar-refractivity contribution in [1.29, 1.82) is 0 Å². The first-order valence-corrected chi connectivity index (χ1v) is 10.1. The molecule has 0 fully saturated rings. The van der Waals surface area contributed by atoms with Gasteiger partial charge < -0.3 is 14.6 Å². The zero-order chi connectivity index (χ0) is 19.6. The van der Waals surface area contributed by atoms with Gasteiger partial charge in [-0.1, -0.05) is 18.2 Å². The Hall–Kier alpha value is -3.41. The molecule has 2 aromatic carbocycles. The van der Waals surface area contributed by atoms with Gasteiger partial charge in [0.05, 0.1) is 6.26 Å². The van der Waals surface area contributed by atoms with Crippen molar-refractivity contribution < 1.29 is 18.7 Å². The van der Waals surface area contributed by atoms with E-state index in [1.54, 1.807) is 77.5 Å². The zero-order valence-corrected chi connectivity index (χ0v) is 15.5. The van der Waals surface area contributed by atoms with Crippen molar-refractivity contribution in [2.45, 2.75) is 0 Å². The Morgan fingerprint density at radius 3 is 2.46 bits per heavy atom. The van der Waals surface area contributed by atoms with Crippen molar-refractivity contribution in [3.05, 3.63) is 91.1 Å². The summed E-state index contributed by atoms with van der Waals surface area (Å²) in [5, 5.41) is 3.04. The molecule has 8 heteroatoms. The molecule has 0 aliphatic carbocycles. The number of hydrogen-bond acceptors (Lipinski definition) is 4. The lowest BCUT2D eigenvalue weighted by molar-refractivity contribution is 0.0996. The third-order valence-electron chi connectivity index (χ3n) is 4.15. The zero-order valence-electron chi connectivity index (χ0n) is 14.6. The second-order valence-electron chi connectivity index (χ2n) is 5.99. The Morgan fingerprint density at radius 2 is 1.79 bits per heavy atom. The summed E-state index contributed by atoms with van der Waals surface area (Å²) >= 11 is 0. The van der Waals surface area contributed by atoms with Crippen LogP contribution in [0.5, 0.6) is 0 Å². The number of carbonyl (C=O) groups is 1. The van der Waals surface area contributed by atoms with Gasteiger partial charge in [-0.15, -0.1) is 0 Å². The van der Waals surface area contributed by atoms with E-state index in [0.717, 1.165) is 0 Å². The maximum atomic E-state index is 13.0. The highest BCUT2D eigenvalue weighted by Gasteiger charge is 2.29. The molecule has 1 unspecified atom stereocenters. The third-order valence-corrected chi connectivity index (χ3v) is 6.02. The number of furan rings is 1. The molecule has 1 atom stereocenters. The number of nitrogens with zero attached hydrogens (tertiary/aromatic N) is 2. The summed E-state index contributed by atoms with van der Waals surface area (Å²) in [4.78, 5) is 26.8. The second kappa shape index (κ2) is 7.31. The van der Waals surface area contributed by atoms with Gasteiger partial charge in [0.25, 0.3) is 13.3 Å². The number of amides is 1. The number of rotatable bonds is 5. The molecule has 7 nitrogen and oxygen atoms in total. The summed E-state index contributed by atoms with van der Waals surface area (Å²) in [5.41, 5.74) is 1.28. The molecule has 28 heavy (non-hydrogen) atoms. The van der Waals surface area contributed by atoms with Crippen LogP contribution in [-0.4, -0.2) is 20.4 Å². The first-order valence-electron chi connectivity index (χ1n) is 8.43. The average molecular weight is 393 g/mol. The lowest BCUT2D eigenvalue weighted by Gasteiger charge is -2.14. The maximum absolute atomic E-state index is 13.0. The smallest absolute Gasteiger partial charge is 0.293 e. The summed E-state index contributed by atoms with van der Waals surface area (Å²) in [6.45, 7) is 0. The minimum absolute atomic E-state index is 0.0612. The van der Waals surface area contributed by atoms with E-state index in [9.17, 15) is 14.3 Å². The van der Waals surface area contributed by atoms with Gasteiger partial charge in [-0.25, -0.2) is 4.98 Å². The van der Waals surface area contributed by atoms with Gasteiger partial charge in [0.2, 0.25) is 5.57 Å². The van der Waals surface area contributed by atoms with Crippen LogP contribution in [0.4, 0.5) is 5.69 Å². The number of hydrogen-bond donors (Lipinski definition) is 2. The van der Waals surface area contributed by atoms with Gasteiger partial charge in [-0.2, -0.15) is 0 Å². The molecule has 4 aromatic rings. The molecule has 4 rings (SSSR count). The largest absolute Gasteiger partial charge is 0.459 e. The molecule has 0 saturated carbocycles. The highest BCUT2D eigenvalue weighted by molar-refractivity contribution is 7.73. The van der Waals surface area contributed by atoms with Gasteiger partial charge in [0.1, 0.15) is 0 Å². The van der Waals surface area contributed by atoms with Crippen LogP contribution >= 0.6 is 7.37 Å². The van der Waals surface area contributed by atoms with Crippen molar-refractivity contribution in [2.75, 3.05) is 5.32 Å². The van der Waals surface area contributed by atoms with Crippen LogP contribution in [0.2, 0.25) is 0 Å². The predicted molar refractivity (Wildman–Crippen MR) is 106 cm³/mol. The van der Waals surface area contributed by atoms with E-state index in [-0.39, 0.29) is 17.2 Å². The van der Waals surface area contributed by atoms with Crippen LogP contribution < -0.4 is 16.2 Å². The quantitative estimate of drug-likeness (QED) is 0.508. The van der Waals surface area contributed by atoms with Gasteiger partial charge in [-0.05, 0) is 48.5 Å². The lowest BCUT2D eigenvalue weighted by atomic mass is 10.2. The van der Waals surface area contributed by atoms with Gasteiger partial charge in [-0.3, -0.25) is 13.9 Å². The summed E-state index contributed by atoms with van der Waals surface area (Å²) in [7, 11) is -3.85. The van der Waals surface area contributed by atoms with Crippen LogP contribution in [0.25, 0.3) is 5.69 Å². The summed E-state index contributed by atoms with van der Waals surface area (Å²) < 4.78 is 19.6. The minimum Gasteiger partial charge on any atom is -0.459 e. The molecule has 0 radical (unpaired) electrons. The number of aromatic nitrogens is 2. The van der Waals surface area contributed by atoms with E-state index in [1.807, 2.05) is 0 Å². The van der Waals surface area contributed by atoms with E-state index in [0.29, 0.717) is 16.7 Å². The van der Waals surface area contributed by atoms with Crippen LogP contribution in [0.1, 0.15) is 10.6 Å². The fraction of sp³-hybridized carbons (Fsp3) is 0. The van der Waals surface area contributed by atoms with Crippen molar-refractivity contribution in [2.24, 2.45) is 0 Å². The molecular weight excluding hydrogens is 377 g/mol. The lowest BCUT2D eigenvalue weighted by Crippen LogP contribution is -2.24. The van der Waals surface area contributed by atoms with Crippen molar-refractivity contribution in [1.82, 2.24) is 9.55 Å². The monoisotopic (exact) mass is 393 g/mol. The molecule has 0 spiro atoms. The average Bonchev–Trinajstić information content (AvgIpc) is 3.42. The fourth-order valence-corrected chi connectivity index (χ4v) is 4.28. The fourth-order valence-electron chi connectivity index (χ4n) is 2.77.